The maximum Gasteiger partial charge on any atom is 0.306 e. The van der Waals surface area contributed by atoms with Crippen LogP contribution < -0.4 is 10.6 Å². The number of hydrogen-bond donors (Lipinski definition) is 2. The van der Waals surface area contributed by atoms with Gasteiger partial charge in [0, 0.05) is 23.9 Å². The molecular weight excluding hydrogens is 423 g/mol. The summed E-state index contributed by atoms with van der Waals surface area (Å²) in [6, 6.07) is 6.50. The van der Waals surface area contributed by atoms with Crippen molar-refractivity contribution in [3.63, 3.8) is 0 Å². The Balaban J connectivity index is 1.63. The number of ether oxygens (including phenoxy) is 1. The standard InChI is InChI=1S/C19H20Cl2N2O4S/c1-12(13-4-5-15(20)16(21)9-13)23-17(24)10-27-18(25)3-2-7-22-19(26)14-6-8-28-11-14/h4-6,8-9,11-12H,2-3,7,10H2,1H3,(H,22,26)(H,23,24). The molecule has 1 atom stereocenters. The Bertz CT molecular complexity index is 827. The van der Waals surface area contributed by atoms with Gasteiger partial charge in [-0.2, -0.15) is 11.3 Å². The van der Waals surface area contributed by atoms with Crippen LogP contribution in [0.4, 0.5) is 0 Å². The van der Waals surface area contributed by atoms with E-state index in [1.165, 1.54) is 11.3 Å². The fourth-order valence-corrected chi connectivity index (χ4v) is 3.24. The zero-order chi connectivity index (χ0) is 20.5. The minimum atomic E-state index is -0.498. The molecule has 0 saturated heterocycles. The largest absolute Gasteiger partial charge is 0.456 e. The van der Waals surface area contributed by atoms with Crippen molar-refractivity contribution < 1.29 is 19.1 Å². The summed E-state index contributed by atoms with van der Waals surface area (Å²) < 4.78 is 4.95. The highest BCUT2D eigenvalue weighted by Gasteiger charge is 2.13. The third kappa shape index (κ3) is 7.14. The Kier molecular flexibility index (Phi) is 8.76. The number of carbonyl (C=O) groups excluding carboxylic acids is 3. The second-order valence-electron chi connectivity index (χ2n) is 5.99. The van der Waals surface area contributed by atoms with Gasteiger partial charge in [0.25, 0.3) is 11.8 Å². The third-order valence-corrected chi connectivity index (χ3v) is 5.23. The van der Waals surface area contributed by atoms with Gasteiger partial charge in [-0.3, -0.25) is 14.4 Å². The quantitative estimate of drug-likeness (QED) is 0.454. The van der Waals surface area contributed by atoms with E-state index in [1.807, 2.05) is 5.38 Å². The molecule has 1 unspecified atom stereocenters. The molecule has 1 heterocycles. The van der Waals surface area contributed by atoms with Crippen LogP contribution in [0.3, 0.4) is 0 Å². The van der Waals surface area contributed by atoms with Gasteiger partial charge in [-0.15, -0.1) is 0 Å². The molecule has 2 rings (SSSR count). The molecule has 6 nitrogen and oxygen atoms in total. The molecule has 0 bridgehead atoms. The lowest BCUT2D eigenvalue weighted by Crippen LogP contribution is -2.31. The Hall–Kier alpha value is -2.09. The van der Waals surface area contributed by atoms with Crippen LogP contribution >= 0.6 is 34.5 Å². The van der Waals surface area contributed by atoms with Crippen molar-refractivity contribution in [3.8, 4) is 0 Å². The minimum absolute atomic E-state index is 0.111. The molecule has 0 radical (unpaired) electrons. The van der Waals surface area contributed by atoms with Crippen LogP contribution in [0.2, 0.25) is 10.0 Å². The van der Waals surface area contributed by atoms with Crippen LogP contribution in [0.15, 0.2) is 35.0 Å². The first-order chi connectivity index (χ1) is 13.4. The van der Waals surface area contributed by atoms with Crippen molar-refractivity contribution in [1.82, 2.24) is 10.6 Å². The Morgan fingerprint density at radius 3 is 2.64 bits per heavy atom. The molecule has 1 aromatic carbocycles. The van der Waals surface area contributed by atoms with Crippen molar-refractivity contribution >= 4 is 52.3 Å². The molecule has 2 amide bonds. The molecule has 28 heavy (non-hydrogen) atoms. The highest BCUT2D eigenvalue weighted by atomic mass is 35.5. The predicted molar refractivity (Wildman–Crippen MR) is 110 cm³/mol. The fraction of sp³-hybridized carbons (Fsp3) is 0.316. The molecule has 0 spiro atoms. The van der Waals surface area contributed by atoms with Gasteiger partial charge in [-0.05, 0) is 42.5 Å². The van der Waals surface area contributed by atoms with E-state index < -0.39 is 11.9 Å². The first kappa shape index (κ1) is 22.2. The molecule has 0 aliphatic heterocycles. The summed E-state index contributed by atoms with van der Waals surface area (Å²) in [5.41, 5.74) is 1.38. The zero-order valence-electron chi connectivity index (χ0n) is 15.2. The maximum absolute atomic E-state index is 11.9. The number of halogens is 2. The lowest BCUT2D eigenvalue weighted by atomic mass is 10.1. The predicted octanol–water partition coefficient (Wildman–Crippen LogP) is 3.99. The summed E-state index contributed by atoms with van der Waals surface area (Å²) in [6.45, 7) is 1.77. The first-order valence-corrected chi connectivity index (χ1v) is 10.3. The highest BCUT2D eigenvalue weighted by molar-refractivity contribution is 7.08. The Morgan fingerprint density at radius 1 is 1.18 bits per heavy atom. The molecule has 2 aromatic rings. The van der Waals surface area contributed by atoms with E-state index in [-0.39, 0.29) is 25.0 Å². The van der Waals surface area contributed by atoms with Crippen molar-refractivity contribution in [2.45, 2.75) is 25.8 Å². The van der Waals surface area contributed by atoms with Gasteiger partial charge < -0.3 is 15.4 Å². The summed E-state index contributed by atoms with van der Waals surface area (Å²) in [6.07, 6.45) is 0.537. The summed E-state index contributed by atoms with van der Waals surface area (Å²) in [5, 5.41) is 9.85. The van der Waals surface area contributed by atoms with Crippen molar-refractivity contribution in [2.75, 3.05) is 13.2 Å². The summed E-state index contributed by atoms with van der Waals surface area (Å²) >= 11 is 13.3. The molecule has 0 saturated carbocycles. The first-order valence-electron chi connectivity index (χ1n) is 8.57. The SMILES string of the molecule is CC(NC(=O)COC(=O)CCCNC(=O)c1ccsc1)c1ccc(Cl)c(Cl)c1. The molecular formula is C19H20Cl2N2O4S. The van der Waals surface area contributed by atoms with E-state index in [4.69, 9.17) is 27.9 Å². The van der Waals surface area contributed by atoms with Crippen LogP contribution in [0.5, 0.6) is 0 Å². The van der Waals surface area contributed by atoms with E-state index in [0.717, 1.165) is 5.56 Å². The van der Waals surface area contributed by atoms with Crippen LogP contribution in [-0.2, 0) is 14.3 Å². The molecule has 1 aromatic heterocycles. The number of carbonyl (C=O) groups is 3. The van der Waals surface area contributed by atoms with Crippen LogP contribution in [0.25, 0.3) is 0 Å². The van der Waals surface area contributed by atoms with E-state index in [1.54, 1.807) is 36.6 Å². The lowest BCUT2D eigenvalue weighted by Gasteiger charge is -2.15. The molecule has 2 N–H and O–H groups in total. The Labute approximate surface area is 177 Å². The van der Waals surface area contributed by atoms with Crippen LogP contribution in [-0.4, -0.2) is 30.9 Å². The molecule has 0 aliphatic rings. The second kappa shape index (κ2) is 11.0. The van der Waals surface area contributed by atoms with Gasteiger partial charge in [0.2, 0.25) is 0 Å². The van der Waals surface area contributed by atoms with Crippen molar-refractivity contribution in [3.05, 3.63) is 56.2 Å². The smallest absolute Gasteiger partial charge is 0.306 e. The molecule has 0 aliphatic carbocycles. The number of amides is 2. The number of hydrogen-bond acceptors (Lipinski definition) is 5. The van der Waals surface area contributed by atoms with Crippen LogP contribution in [0, 0.1) is 0 Å². The van der Waals surface area contributed by atoms with Crippen molar-refractivity contribution in [1.29, 1.82) is 0 Å². The van der Waals surface area contributed by atoms with Crippen LogP contribution in [0.1, 0.15) is 41.7 Å². The number of benzene rings is 1. The summed E-state index contributed by atoms with van der Waals surface area (Å²) in [5.74, 6) is -1.09. The average molecular weight is 443 g/mol. The van der Waals surface area contributed by atoms with Gasteiger partial charge >= 0.3 is 5.97 Å². The number of nitrogens with one attached hydrogen (secondary N) is 2. The topological polar surface area (TPSA) is 84.5 Å². The Morgan fingerprint density at radius 2 is 1.96 bits per heavy atom. The lowest BCUT2D eigenvalue weighted by molar-refractivity contribution is -0.148. The van der Waals surface area contributed by atoms with Gasteiger partial charge in [0.05, 0.1) is 16.1 Å². The minimum Gasteiger partial charge on any atom is -0.456 e. The van der Waals surface area contributed by atoms with E-state index in [0.29, 0.717) is 28.6 Å². The van der Waals surface area contributed by atoms with Gasteiger partial charge in [0.15, 0.2) is 6.61 Å². The van der Waals surface area contributed by atoms with Crippen molar-refractivity contribution in [2.24, 2.45) is 0 Å². The molecule has 9 heteroatoms. The molecule has 0 fully saturated rings. The van der Waals surface area contributed by atoms with E-state index in [9.17, 15) is 14.4 Å². The normalized spacial score (nSPS) is 11.5. The highest BCUT2D eigenvalue weighted by Crippen LogP contribution is 2.25. The summed E-state index contributed by atoms with van der Waals surface area (Å²) in [4.78, 5) is 35.4. The molecule has 150 valence electrons. The van der Waals surface area contributed by atoms with E-state index >= 15 is 0 Å². The maximum atomic E-state index is 11.9. The van der Waals surface area contributed by atoms with E-state index in [2.05, 4.69) is 10.6 Å². The van der Waals surface area contributed by atoms with Gasteiger partial charge in [-0.25, -0.2) is 0 Å². The third-order valence-electron chi connectivity index (χ3n) is 3.81. The number of rotatable bonds is 9. The van der Waals surface area contributed by atoms with Gasteiger partial charge in [0.1, 0.15) is 0 Å². The zero-order valence-corrected chi connectivity index (χ0v) is 17.5. The monoisotopic (exact) mass is 442 g/mol. The number of thiophene rings is 1. The average Bonchev–Trinajstić information content (AvgIpc) is 3.20. The fourth-order valence-electron chi connectivity index (χ4n) is 2.30. The number of esters is 1. The second-order valence-corrected chi connectivity index (χ2v) is 7.59. The van der Waals surface area contributed by atoms with Gasteiger partial charge in [-0.1, -0.05) is 29.3 Å². The summed E-state index contributed by atoms with van der Waals surface area (Å²) in [7, 11) is 0.